The maximum Gasteiger partial charge on any atom is 0.166 e. The number of guanidine groups is 1. The number of nitrogens with zero attached hydrogens (tertiary/aromatic N) is 2. The van der Waals surface area contributed by atoms with Crippen molar-refractivity contribution in [2.24, 2.45) is 4.99 Å². The van der Waals surface area contributed by atoms with Crippen LogP contribution in [-0.2, 0) is 229 Å². The summed E-state index contributed by atoms with van der Waals surface area (Å²) in [7, 11) is 6.39. The van der Waals surface area contributed by atoms with Crippen molar-refractivity contribution in [3.05, 3.63) is 28.9 Å². The predicted molar refractivity (Wildman–Crippen MR) is 42.9 cm³/mol. The van der Waals surface area contributed by atoms with Gasteiger partial charge in [-0.3, -0.25) is 7.05 Å². The van der Waals surface area contributed by atoms with Gasteiger partial charge in [0.05, 0.1) is 0 Å². The minimum absolute atomic E-state index is 0. The fraction of sp³-hybridized carbons (Fsp3) is 0. The molecule has 17 heavy (non-hydrogen) atoms. The van der Waals surface area contributed by atoms with Crippen molar-refractivity contribution in [3.8, 4) is 6.19 Å². The molecule has 0 amide bonds. The summed E-state index contributed by atoms with van der Waals surface area (Å²) < 4.78 is 0. The van der Waals surface area contributed by atoms with Crippen molar-refractivity contribution in [3.63, 3.8) is 0 Å². The van der Waals surface area contributed by atoms with Crippen LogP contribution in [0.25, 0.3) is 0 Å². The standard InChI is InChI=1S/C4H6N4.2CH3.7Y/c1-6-4(7-2)8-3-5;;;;;;;;;/h1-2H2,(H2,6,7,8);2*1H3;;;;;;;/q-2;2*-1;;;;;;;. The number of nitriles is 1. The van der Waals surface area contributed by atoms with E-state index >= 15 is 0 Å². The molecule has 0 aromatic heterocycles. The number of aliphatic imine (C=N–C) groups is 1. The summed E-state index contributed by atoms with van der Waals surface area (Å²) in [5, 5.41) is 12.5. The van der Waals surface area contributed by atoms with Gasteiger partial charge in [0.15, 0.2) is 6.19 Å². The summed E-state index contributed by atoms with van der Waals surface area (Å²) >= 11 is 0. The number of hydrogen-bond acceptors (Lipinski definition) is 2. The zero-order valence-corrected chi connectivity index (χ0v) is 30.2. The Morgan fingerprint density at radius 1 is 0.941 bits per heavy atom. The molecule has 0 spiro atoms. The summed E-state index contributed by atoms with van der Waals surface area (Å²) in [6.45, 7) is 0. The average molecular weight is 763 g/mol. The second-order valence-corrected chi connectivity index (χ2v) is 0.920. The molecular weight excluding hydrogens is 750 g/mol. The van der Waals surface area contributed by atoms with Gasteiger partial charge in [-0.05, 0) is 0 Å². The van der Waals surface area contributed by atoms with Crippen LogP contribution in [-0.4, -0.2) is 5.96 Å². The summed E-state index contributed by atoms with van der Waals surface area (Å²) in [5.74, 6) is 0.257. The maximum atomic E-state index is 7.96. The molecule has 0 unspecified atom stereocenters. The smallest absolute Gasteiger partial charge is 0.166 e. The monoisotopic (exact) mass is 762 g/mol. The molecule has 0 aliphatic carbocycles. The molecule has 0 aliphatic heterocycles. The van der Waals surface area contributed by atoms with E-state index in [1.807, 2.05) is 0 Å². The predicted octanol–water partition coefficient (Wildman–Crippen LogP) is 0.469. The SMILES string of the molecule is [CH2-]N=C(N[CH2-])NC#N.[CH3-].[CH3-].[Y].[Y].[Y].[Y].[Y].[Y].[Y]. The fourth-order valence-corrected chi connectivity index (χ4v) is 0.193. The molecule has 81 valence electrons. The Kier molecular flexibility index (Phi) is 220. The van der Waals surface area contributed by atoms with Crippen LogP contribution >= 0.6 is 0 Å². The second-order valence-electron chi connectivity index (χ2n) is 0.920. The van der Waals surface area contributed by atoms with Crippen molar-refractivity contribution in [1.82, 2.24) is 10.6 Å². The molecule has 0 bridgehead atoms. The van der Waals surface area contributed by atoms with E-state index in [0.29, 0.717) is 0 Å². The van der Waals surface area contributed by atoms with E-state index in [9.17, 15) is 0 Å². The summed E-state index contributed by atoms with van der Waals surface area (Å²) in [5.41, 5.74) is 0. The Morgan fingerprint density at radius 3 is 1.29 bits per heavy atom. The molecule has 4 nitrogen and oxygen atoms in total. The summed E-state index contributed by atoms with van der Waals surface area (Å²) in [4.78, 5) is 3.36. The van der Waals surface area contributed by atoms with Crippen LogP contribution in [0.2, 0.25) is 0 Å². The van der Waals surface area contributed by atoms with Gasteiger partial charge < -0.3 is 30.5 Å². The van der Waals surface area contributed by atoms with Crippen LogP contribution in [0.4, 0.5) is 0 Å². The third-order valence-corrected chi connectivity index (χ3v) is 0.500. The number of hydrogen-bond donors (Lipinski definition) is 2. The van der Waals surface area contributed by atoms with E-state index in [1.54, 1.807) is 6.19 Å². The molecule has 2 N–H and O–H groups in total. The zero-order chi connectivity index (χ0) is 6.41. The zero-order valence-electron chi connectivity index (χ0n) is 10.4. The first-order valence-electron chi connectivity index (χ1n) is 1.87. The van der Waals surface area contributed by atoms with Crippen molar-refractivity contribution < 1.29 is 229 Å². The first kappa shape index (κ1) is 65.4. The van der Waals surface area contributed by atoms with E-state index in [0.717, 1.165) is 0 Å². The molecule has 0 saturated heterocycles. The molecule has 0 aliphatic rings. The molecule has 0 aromatic rings. The first-order valence-corrected chi connectivity index (χ1v) is 1.87. The van der Waals surface area contributed by atoms with Crippen molar-refractivity contribution in [2.75, 3.05) is 0 Å². The van der Waals surface area contributed by atoms with E-state index < -0.39 is 0 Å². The van der Waals surface area contributed by atoms with Crippen molar-refractivity contribution in [2.45, 2.75) is 0 Å². The van der Waals surface area contributed by atoms with Crippen molar-refractivity contribution >= 4 is 5.96 Å². The Bertz CT molecular complexity index is 139. The van der Waals surface area contributed by atoms with Crippen LogP contribution in [0.3, 0.4) is 0 Å². The number of nitrogens with one attached hydrogen (secondary N) is 2. The molecule has 11 heteroatoms. The second kappa shape index (κ2) is 57.2. The van der Waals surface area contributed by atoms with Gasteiger partial charge in [-0.15, -0.1) is 0 Å². The molecule has 7 radical (unpaired) electrons. The molecule has 0 fully saturated rings. The van der Waals surface area contributed by atoms with Gasteiger partial charge in [0.25, 0.3) is 0 Å². The molecular formula is C6H12N4Y7-4. The molecule has 0 heterocycles. The van der Waals surface area contributed by atoms with Gasteiger partial charge in [0, 0.05) is 235 Å². The molecule has 0 aromatic carbocycles. The van der Waals surface area contributed by atoms with E-state index in [-0.39, 0.29) is 250 Å². The van der Waals surface area contributed by atoms with Crippen LogP contribution in [0.1, 0.15) is 0 Å². The maximum absolute atomic E-state index is 7.96. The Hall–Kier alpha value is 6.36. The van der Waals surface area contributed by atoms with Gasteiger partial charge in [0.2, 0.25) is 0 Å². The minimum Gasteiger partial charge on any atom is -0.587 e. The van der Waals surface area contributed by atoms with Crippen molar-refractivity contribution in [1.29, 1.82) is 5.26 Å². The van der Waals surface area contributed by atoms with Gasteiger partial charge in [-0.2, -0.15) is 12.3 Å². The van der Waals surface area contributed by atoms with Crippen LogP contribution in [0.5, 0.6) is 0 Å². The molecule has 0 rings (SSSR count). The third kappa shape index (κ3) is 51.9. The van der Waals surface area contributed by atoms with E-state index in [2.05, 4.69) is 29.7 Å². The van der Waals surface area contributed by atoms with Gasteiger partial charge >= 0.3 is 0 Å². The fourth-order valence-electron chi connectivity index (χ4n) is 0.193. The van der Waals surface area contributed by atoms with E-state index in [4.69, 9.17) is 5.26 Å². The van der Waals surface area contributed by atoms with Crippen LogP contribution in [0, 0.1) is 40.4 Å². The summed E-state index contributed by atoms with van der Waals surface area (Å²) in [6.07, 6.45) is 1.65. The molecule has 0 saturated carbocycles. The van der Waals surface area contributed by atoms with Gasteiger partial charge in [-0.1, -0.05) is 0 Å². The largest absolute Gasteiger partial charge is 0.587 e. The minimum atomic E-state index is 0. The molecule has 0 atom stereocenters. The summed E-state index contributed by atoms with van der Waals surface area (Å²) in [6, 6.07) is 0. The topological polar surface area (TPSA) is 60.2 Å². The third-order valence-electron chi connectivity index (χ3n) is 0.500. The first-order chi connectivity index (χ1) is 3.85. The Labute approximate surface area is 283 Å². The Balaban J connectivity index is -0.00000000681. The van der Waals surface area contributed by atoms with Crippen LogP contribution < -0.4 is 10.6 Å². The van der Waals surface area contributed by atoms with Gasteiger partial charge in [0.1, 0.15) is 0 Å². The van der Waals surface area contributed by atoms with Crippen LogP contribution in [0.15, 0.2) is 4.99 Å². The van der Waals surface area contributed by atoms with E-state index in [1.165, 1.54) is 0 Å². The normalized spacial score (nSPS) is 4.59. The average Bonchev–Trinajstić information content (AvgIpc) is 1.83. The number of rotatable bonds is 0. The Morgan fingerprint density at radius 2 is 1.24 bits per heavy atom. The quantitative estimate of drug-likeness (QED) is 0.124. The van der Waals surface area contributed by atoms with Gasteiger partial charge in [-0.25, -0.2) is 0 Å².